The summed E-state index contributed by atoms with van der Waals surface area (Å²) in [5, 5.41) is 13.3. The number of hydrogen-bond acceptors (Lipinski definition) is 8. The normalized spacial score (nSPS) is 19.7. The lowest BCUT2D eigenvalue weighted by molar-refractivity contribution is 0.0600. The molecule has 7 nitrogen and oxygen atoms in total. The van der Waals surface area contributed by atoms with Crippen LogP contribution in [0.2, 0.25) is 0 Å². The minimum atomic E-state index is -0.299. The van der Waals surface area contributed by atoms with E-state index in [1.165, 1.54) is 12.7 Å². The van der Waals surface area contributed by atoms with Gasteiger partial charge >= 0.3 is 5.97 Å². The molecule has 0 unspecified atom stereocenters. The average molecular weight is 441 g/mol. The second kappa shape index (κ2) is 8.31. The molecule has 31 heavy (non-hydrogen) atoms. The Kier molecular flexibility index (Phi) is 5.52. The number of nitrogens with zero attached hydrogens (tertiary/aromatic N) is 3. The van der Waals surface area contributed by atoms with E-state index in [9.17, 15) is 9.90 Å². The van der Waals surface area contributed by atoms with E-state index in [1.54, 1.807) is 0 Å². The fourth-order valence-electron chi connectivity index (χ4n) is 4.43. The number of thioether (sulfide) groups is 1. The van der Waals surface area contributed by atoms with Gasteiger partial charge in [-0.25, -0.2) is 9.78 Å². The van der Waals surface area contributed by atoms with Crippen LogP contribution in [0.5, 0.6) is 0 Å². The van der Waals surface area contributed by atoms with E-state index in [0.717, 1.165) is 73.3 Å². The molecule has 2 fully saturated rings. The number of carbonyl (C=O) groups excluding carboxylic acids is 1. The lowest BCUT2D eigenvalue weighted by atomic mass is 9.89. The number of hydrogen-bond donors (Lipinski definition) is 2. The van der Waals surface area contributed by atoms with Crippen molar-refractivity contribution in [1.82, 2.24) is 9.97 Å². The molecule has 8 heteroatoms. The zero-order valence-electron chi connectivity index (χ0n) is 17.8. The van der Waals surface area contributed by atoms with Crippen molar-refractivity contribution >= 4 is 29.5 Å². The molecule has 1 saturated carbocycles. The van der Waals surface area contributed by atoms with E-state index in [2.05, 4.69) is 10.2 Å². The van der Waals surface area contributed by atoms with Crippen LogP contribution in [-0.4, -0.2) is 59.1 Å². The van der Waals surface area contributed by atoms with Gasteiger partial charge in [-0.2, -0.15) is 4.98 Å². The van der Waals surface area contributed by atoms with E-state index >= 15 is 0 Å². The lowest BCUT2D eigenvalue weighted by Crippen LogP contribution is -2.35. The second-order valence-electron chi connectivity index (χ2n) is 8.68. The van der Waals surface area contributed by atoms with E-state index in [4.69, 9.17) is 14.7 Å². The first-order valence-corrected chi connectivity index (χ1v) is 12.0. The van der Waals surface area contributed by atoms with Gasteiger partial charge in [0.15, 0.2) is 0 Å². The maximum absolute atomic E-state index is 11.7. The number of rotatable bonds is 6. The summed E-state index contributed by atoms with van der Waals surface area (Å²) in [6.07, 6.45) is 5.00. The van der Waals surface area contributed by atoms with E-state index < -0.39 is 0 Å². The maximum atomic E-state index is 11.7. The predicted molar refractivity (Wildman–Crippen MR) is 121 cm³/mol. The third kappa shape index (κ3) is 4.11. The minimum Gasteiger partial charge on any atom is -0.465 e. The topological polar surface area (TPSA) is 87.6 Å². The number of methoxy groups -OCH3 is 1. The van der Waals surface area contributed by atoms with E-state index in [0.29, 0.717) is 11.5 Å². The zero-order chi connectivity index (χ0) is 21.4. The molecule has 164 valence electrons. The molecule has 2 aliphatic heterocycles. The number of piperidine rings is 1. The first kappa shape index (κ1) is 20.6. The van der Waals surface area contributed by atoms with Crippen molar-refractivity contribution in [2.24, 2.45) is 0 Å². The van der Waals surface area contributed by atoms with E-state index in [1.807, 2.05) is 36.0 Å². The van der Waals surface area contributed by atoms with Gasteiger partial charge < -0.3 is 20.1 Å². The third-order valence-corrected chi connectivity index (χ3v) is 7.76. The summed E-state index contributed by atoms with van der Waals surface area (Å²) in [6, 6.07) is 7.78. The summed E-state index contributed by atoms with van der Waals surface area (Å²) in [6.45, 7) is 1.95. The minimum absolute atomic E-state index is 0.145. The third-order valence-electron chi connectivity index (χ3n) is 6.63. The molecule has 0 radical (unpaired) electrons. The van der Waals surface area contributed by atoms with Crippen molar-refractivity contribution < 1.29 is 14.6 Å². The number of aliphatic hydroxyl groups excluding tert-OH is 1. The fraction of sp³-hybridized carbons (Fsp3) is 0.522. The average Bonchev–Trinajstić information content (AvgIpc) is 3.43. The van der Waals surface area contributed by atoms with Crippen LogP contribution in [0.3, 0.4) is 0 Å². The van der Waals surface area contributed by atoms with Crippen LogP contribution < -0.4 is 10.2 Å². The van der Waals surface area contributed by atoms with Crippen molar-refractivity contribution in [1.29, 1.82) is 0 Å². The second-order valence-corrected chi connectivity index (χ2v) is 9.79. The molecule has 0 amide bonds. The Morgan fingerprint density at radius 2 is 2.00 bits per heavy atom. The highest BCUT2D eigenvalue weighted by atomic mass is 32.2. The fourth-order valence-corrected chi connectivity index (χ4v) is 5.47. The predicted octanol–water partition coefficient (Wildman–Crippen LogP) is 3.23. The Labute approximate surface area is 186 Å². The van der Waals surface area contributed by atoms with Crippen LogP contribution in [0.1, 0.15) is 53.2 Å². The maximum Gasteiger partial charge on any atom is 0.337 e. The van der Waals surface area contributed by atoms with Gasteiger partial charge in [0, 0.05) is 25.3 Å². The SMILES string of the molecule is COC(=O)c1ccc(C2CCN(c3nc4c(c(NC5(CO)CC5)n3)SCC4)CC2)cc1. The molecule has 1 aliphatic carbocycles. The summed E-state index contributed by atoms with van der Waals surface area (Å²) >= 11 is 1.81. The standard InChI is InChI=1S/C23H28N4O3S/c1-30-21(29)17-4-2-15(3-5-17)16-6-11-27(12-7-16)22-24-18-8-13-31-19(18)20(25-22)26-23(14-28)9-10-23/h2-5,16,28H,6-14H2,1H3,(H,24,25,26). The van der Waals surface area contributed by atoms with Crippen molar-refractivity contribution in [2.75, 3.05) is 42.8 Å². The molecule has 2 aromatic rings. The molecule has 5 rings (SSSR count). The Hall–Kier alpha value is -2.32. The molecular formula is C23H28N4O3S. The highest BCUT2D eigenvalue weighted by Crippen LogP contribution is 2.43. The Bertz CT molecular complexity index is 970. The number of anilines is 2. The number of ether oxygens (including phenoxy) is 1. The number of carbonyl (C=O) groups is 1. The summed E-state index contributed by atoms with van der Waals surface area (Å²) in [5.74, 6) is 2.91. The monoisotopic (exact) mass is 440 g/mol. The van der Waals surface area contributed by atoms with Crippen molar-refractivity contribution in [3.8, 4) is 0 Å². The van der Waals surface area contributed by atoms with Gasteiger partial charge in [-0.1, -0.05) is 12.1 Å². The van der Waals surface area contributed by atoms with Crippen LogP contribution >= 0.6 is 11.8 Å². The van der Waals surface area contributed by atoms with Gasteiger partial charge in [-0.15, -0.1) is 11.8 Å². The first-order valence-electron chi connectivity index (χ1n) is 11.0. The first-order chi connectivity index (χ1) is 15.1. The molecule has 0 bridgehead atoms. The molecule has 3 heterocycles. The van der Waals surface area contributed by atoms with Crippen LogP contribution in [0, 0.1) is 0 Å². The number of aryl methyl sites for hydroxylation is 1. The molecule has 1 aromatic heterocycles. The molecule has 2 N–H and O–H groups in total. The van der Waals surface area contributed by atoms with Gasteiger partial charge in [0.1, 0.15) is 5.82 Å². The van der Waals surface area contributed by atoms with Crippen molar-refractivity contribution in [2.45, 2.75) is 48.5 Å². The molecular weight excluding hydrogens is 412 g/mol. The summed E-state index contributed by atoms with van der Waals surface area (Å²) in [7, 11) is 1.40. The molecule has 3 aliphatic rings. The molecule has 1 aromatic carbocycles. The van der Waals surface area contributed by atoms with E-state index in [-0.39, 0.29) is 18.1 Å². The summed E-state index contributed by atoms with van der Waals surface area (Å²) in [4.78, 5) is 24.9. The number of fused-ring (bicyclic) bond motifs is 1. The smallest absolute Gasteiger partial charge is 0.337 e. The highest BCUT2D eigenvalue weighted by molar-refractivity contribution is 7.99. The Morgan fingerprint density at radius 1 is 1.26 bits per heavy atom. The van der Waals surface area contributed by atoms with Gasteiger partial charge in [-0.3, -0.25) is 0 Å². The Balaban J connectivity index is 1.29. The van der Waals surface area contributed by atoms with Crippen LogP contribution in [0.15, 0.2) is 29.2 Å². The quantitative estimate of drug-likeness (QED) is 0.662. The van der Waals surface area contributed by atoms with Crippen molar-refractivity contribution in [3.05, 3.63) is 41.1 Å². The van der Waals surface area contributed by atoms with Crippen LogP contribution in [0.25, 0.3) is 0 Å². The molecule has 1 saturated heterocycles. The molecule has 0 atom stereocenters. The largest absolute Gasteiger partial charge is 0.465 e. The highest BCUT2D eigenvalue weighted by Gasteiger charge is 2.43. The molecule has 0 spiro atoms. The summed E-state index contributed by atoms with van der Waals surface area (Å²) < 4.78 is 4.79. The zero-order valence-corrected chi connectivity index (χ0v) is 18.6. The number of aliphatic hydroxyl groups is 1. The number of esters is 1. The van der Waals surface area contributed by atoms with Gasteiger partial charge in [0.2, 0.25) is 5.95 Å². The number of nitrogens with one attached hydrogen (secondary N) is 1. The summed E-state index contributed by atoms with van der Waals surface area (Å²) in [5.41, 5.74) is 2.79. The Morgan fingerprint density at radius 3 is 2.65 bits per heavy atom. The number of benzene rings is 1. The van der Waals surface area contributed by atoms with Crippen LogP contribution in [0.4, 0.5) is 11.8 Å². The number of aromatic nitrogens is 2. The van der Waals surface area contributed by atoms with Gasteiger partial charge in [-0.05, 0) is 49.3 Å². The van der Waals surface area contributed by atoms with Gasteiger partial charge in [0.25, 0.3) is 0 Å². The lowest BCUT2D eigenvalue weighted by Gasteiger charge is -2.33. The van der Waals surface area contributed by atoms with Crippen molar-refractivity contribution in [3.63, 3.8) is 0 Å². The van der Waals surface area contributed by atoms with Crippen LogP contribution in [-0.2, 0) is 11.2 Å². The van der Waals surface area contributed by atoms with Gasteiger partial charge in [0.05, 0.1) is 35.4 Å².